The Balaban J connectivity index is 0.00000642. The summed E-state index contributed by atoms with van der Waals surface area (Å²) in [5.41, 5.74) is 27.3. The fraction of sp³-hybridized carbons (Fsp3) is 0.214. The number of benzene rings is 4. The van der Waals surface area contributed by atoms with Crippen LogP contribution >= 0.6 is 127 Å². The molecule has 7 aromatic rings. The Hall–Kier alpha value is -2.16. The van der Waals surface area contributed by atoms with Crippen molar-refractivity contribution in [3.8, 4) is 44.5 Å². The maximum atomic E-state index is 5.78. The van der Waals surface area contributed by atoms with Crippen LogP contribution in [0.1, 0.15) is 89.5 Å². The number of aromatic nitrogens is 4. The molecule has 5 heterocycles. The van der Waals surface area contributed by atoms with Gasteiger partial charge in [-0.2, -0.15) is 0 Å². The van der Waals surface area contributed by atoms with Crippen molar-refractivity contribution in [3.05, 3.63) is 156 Å². The van der Waals surface area contributed by atoms with Gasteiger partial charge in [0.2, 0.25) is 0 Å². The molecule has 8 bridgehead atoms. The summed E-state index contributed by atoms with van der Waals surface area (Å²) in [6, 6.07) is 17.9. The van der Waals surface area contributed by atoms with E-state index in [0.717, 1.165) is 170 Å². The molecule has 0 saturated carbocycles. The third kappa shape index (κ3) is 8.88. The Kier molecular flexibility index (Phi) is 15.4. The van der Waals surface area contributed by atoms with Crippen molar-refractivity contribution in [3.63, 3.8) is 0 Å². The van der Waals surface area contributed by atoms with Gasteiger partial charge in [0.25, 0.3) is 0 Å². The normalized spacial score (nSPS) is 12.7. The van der Waals surface area contributed by atoms with E-state index in [2.05, 4.69) is 259 Å². The van der Waals surface area contributed by atoms with E-state index in [1.165, 1.54) is 22.3 Å². The molecule has 13 heteroatoms. The van der Waals surface area contributed by atoms with Crippen molar-refractivity contribution in [2.45, 2.75) is 83.1 Å². The first-order chi connectivity index (χ1) is 32.0. The van der Waals surface area contributed by atoms with E-state index in [1.54, 1.807) is 0 Å². The van der Waals surface area contributed by atoms with Crippen molar-refractivity contribution in [1.82, 2.24) is 19.9 Å². The minimum Gasteiger partial charge on any atom is -0.655 e. The summed E-state index contributed by atoms with van der Waals surface area (Å²) in [6.07, 6.45) is 0. The number of hydrogen-bond donors (Lipinski definition) is 0. The molecular formula is C56H44Br8MnN4. The molecule has 69 heavy (non-hydrogen) atoms. The van der Waals surface area contributed by atoms with Crippen molar-refractivity contribution in [2.75, 3.05) is 0 Å². The van der Waals surface area contributed by atoms with Gasteiger partial charge in [0, 0.05) is 23.5 Å². The molecule has 0 spiro atoms. The van der Waals surface area contributed by atoms with E-state index < -0.39 is 0 Å². The molecule has 3 aromatic heterocycles. The topological polar surface area (TPSA) is 54.0 Å². The van der Waals surface area contributed by atoms with E-state index in [-0.39, 0.29) is 17.1 Å². The molecule has 0 saturated heterocycles. The molecule has 2 aliphatic heterocycles. The van der Waals surface area contributed by atoms with Crippen LogP contribution < -0.4 is 9.97 Å². The summed E-state index contributed by atoms with van der Waals surface area (Å²) in [4.78, 5) is 23.1. The zero-order valence-electron chi connectivity index (χ0n) is 39.8. The molecule has 9 rings (SSSR count). The van der Waals surface area contributed by atoms with Crippen LogP contribution in [-0.2, 0) is 17.1 Å². The van der Waals surface area contributed by atoms with Crippen LogP contribution in [-0.4, -0.2) is 9.97 Å². The van der Waals surface area contributed by atoms with Crippen molar-refractivity contribution >= 4 is 167 Å². The average Bonchev–Trinajstić information content (AvgIpc) is 3.90. The van der Waals surface area contributed by atoms with Crippen LogP contribution in [0.25, 0.3) is 84.5 Å². The largest absolute Gasteiger partial charge is 2.00 e. The van der Waals surface area contributed by atoms with Gasteiger partial charge in [-0.05, 0) is 230 Å². The van der Waals surface area contributed by atoms with Gasteiger partial charge >= 0.3 is 17.1 Å². The number of fused-ring (bicyclic) bond motifs is 8. The fourth-order valence-corrected chi connectivity index (χ4v) is 14.5. The van der Waals surface area contributed by atoms with Crippen LogP contribution in [0, 0.1) is 83.1 Å². The van der Waals surface area contributed by atoms with Gasteiger partial charge in [-0.1, -0.05) is 135 Å². The molecular weight excluding hydrogens is 1420 g/mol. The maximum absolute atomic E-state index is 5.78. The average molecular weight is 1470 g/mol. The first kappa shape index (κ1) is 53.1. The first-order valence-corrected chi connectivity index (χ1v) is 28.3. The molecule has 0 N–H and O–H groups in total. The van der Waals surface area contributed by atoms with E-state index in [4.69, 9.17) is 19.9 Å². The number of nitrogens with zero attached hydrogens (tertiary/aromatic N) is 4. The summed E-state index contributed by atoms with van der Waals surface area (Å²) >= 11 is 33.2. The van der Waals surface area contributed by atoms with Gasteiger partial charge in [-0.15, -0.1) is 22.1 Å². The van der Waals surface area contributed by atoms with E-state index >= 15 is 0 Å². The summed E-state index contributed by atoms with van der Waals surface area (Å²) in [5, 5.41) is 0. The Bertz CT molecular complexity index is 3410. The van der Waals surface area contributed by atoms with Crippen LogP contribution in [0.2, 0.25) is 0 Å². The maximum Gasteiger partial charge on any atom is 2.00 e. The zero-order valence-corrected chi connectivity index (χ0v) is 53.7. The molecule has 0 amide bonds. The van der Waals surface area contributed by atoms with Crippen LogP contribution in [0.4, 0.5) is 0 Å². The van der Waals surface area contributed by atoms with Gasteiger partial charge in [-0.3, -0.25) is 0 Å². The standard InChI is InChI=1S/C56H44Br8N4.Mn/c1-21-13-25(5)33(26(6)14-21)37-49-41(57)43(59)51(65-49)38(34-27(7)15-22(2)16-28(34)8)53-45(61)47(63)55(67-53)40(36-31(11)19-24(4)20-32(36)12)56-48(64)46(62)54(68-56)39(52-44(60)42(58)50(37)66-52)35-29(9)17-23(3)18-30(35)10;/h13-20H,1-12H3;/q-2;+2. The predicted octanol–water partition coefficient (Wildman–Crippen LogP) is 20.2. The number of halogens is 8. The van der Waals surface area contributed by atoms with Crippen molar-refractivity contribution < 1.29 is 17.1 Å². The monoisotopic (exact) mass is 1460 g/mol. The van der Waals surface area contributed by atoms with E-state index in [1.807, 2.05) is 0 Å². The summed E-state index contributed by atoms with van der Waals surface area (Å²) < 4.78 is 6.46. The minimum absolute atomic E-state index is 0. The Morgan fingerprint density at radius 3 is 0.710 bits per heavy atom. The van der Waals surface area contributed by atoms with Gasteiger partial charge in [0.15, 0.2) is 0 Å². The zero-order chi connectivity index (χ0) is 49.3. The van der Waals surface area contributed by atoms with E-state index in [0.29, 0.717) is 0 Å². The second-order valence-electron chi connectivity index (χ2n) is 18.3. The smallest absolute Gasteiger partial charge is 0.655 e. The molecule has 0 aliphatic carbocycles. The summed E-state index contributed by atoms with van der Waals surface area (Å²) in [5.74, 6) is 0. The van der Waals surface area contributed by atoms with Gasteiger partial charge in [0.1, 0.15) is 0 Å². The van der Waals surface area contributed by atoms with Crippen molar-refractivity contribution in [2.24, 2.45) is 0 Å². The number of rotatable bonds is 4. The molecule has 351 valence electrons. The number of aryl methyl sites for hydroxylation is 12. The third-order valence-electron chi connectivity index (χ3n) is 12.9. The van der Waals surface area contributed by atoms with Gasteiger partial charge < -0.3 is 9.97 Å². The fourth-order valence-electron chi connectivity index (χ4n) is 10.7. The number of hydrogen-bond acceptors (Lipinski definition) is 2. The van der Waals surface area contributed by atoms with E-state index in [9.17, 15) is 0 Å². The predicted molar refractivity (Wildman–Crippen MR) is 318 cm³/mol. The quantitative estimate of drug-likeness (QED) is 0.165. The molecule has 0 unspecified atom stereocenters. The second kappa shape index (κ2) is 19.9. The molecule has 1 radical (unpaired) electrons. The van der Waals surface area contributed by atoms with Gasteiger partial charge in [0.05, 0.1) is 40.7 Å². The van der Waals surface area contributed by atoms with Crippen molar-refractivity contribution in [1.29, 1.82) is 0 Å². The molecule has 2 aliphatic rings. The molecule has 4 aromatic carbocycles. The van der Waals surface area contributed by atoms with Crippen LogP contribution in [0.5, 0.6) is 0 Å². The van der Waals surface area contributed by atoms with Crippen LogP contribution in [0.15, 0.2) is 66.4 Å². The molecule has 0 atom stereocenters. The SMILES string of the molecule is Cc1cc(C)c(-c2c3nc(c(-c4c(C)cc(C)cc4C)c4[n-]c(c(Br)c4Br)c(-c4c(C)cc(C)cc4C)c4[n-]c(c(Br)c4Br)c(-c4c(C)cc(C)cc4C)c4nc2C(Br)=C4Br)C(Br)=C3Br)c(C)c1.[Mn+2]. The minimum atomic E-state index is 0. The Labute approximate surface area is 482 Å². The Morgan fingerprint density at radius 1 is 0.275 bits per heavy atom. The summed E-state index contributed by atoms with van der Waals surface area (Å²) in [6.45, 7) is 26.0. The van der Waals surface area contributed by atoms with Crippen LogP contribution in [0.3, 0.4) is 0 Å². The third-order valence-corrected chi connectivity index (χ3v) is 21.2. The second-order valence-corrected chi connectivity index (χ2v) is 24.7. The molecule has 0 fully saturated rings. The summed E-state index contributed by atoms with van der Waals surface area (Å²) in [7, 11) is 0. The van der Waals surface area contributed by atoms with Gasteiger partial charge in [-0.25, -0.2) is 9.97 Å². The Morgan fingerprint density at radius 2 is 0.464 bits per heavy atom. The first-order valence-electron chi connectivity index (χ1n) is 21.9. The molecule has 4 nitrogen and oxygen atoms in total.